The zero-order valence-corrected chi connectivity index (χ0v) is 12.2. The highest BCUT2D eigenvalue weighted by Gasteiger charge is 2.08. The average Bonchev–Trinajstić information content (AvgIpc) is 2.80. The van der Waals surface area contributed by atoms with E-state index in [4.69, 9.17) is 16.0 Å². The van der Waals surface area contributed by atoms with Gasteiger partial charge in [0, 0.05) is 10.7 Å². The molecule has 3 rings (SSSR count). The van der Waals surface area contributed by atoms with E-state index in [1.807, 2.05) is 37.3 Å². The van der Waals surface area contributed by atoms with Crippen LogP contribution in [0.15, 0.2) is 40.8 Å². The monoisotopic (exact) mass is 286 g/mol. The number of hydrogen-bond donors (Lipinski definition) is 1. The normalized spacial score (nSPS) is 10.9. The molecule has 1 heterocycles. The highest BCUT2D eigenvalue weighted by Crippen LogP contribution is 2.22. The number of nitrogens with zero attached hydrogens (tertiary/aromatic N) is 1. The molecule has 102 valence electrons. The van der Waals surface area contributed by atoms with Crippen LogP contribution in [0, 0.1) is 13.8 Å². The lowest BCUT2D eigenvalue weighted by Gasteiger charge is -2.03. The molecule has 3 nitrogen and oxygen atoms in total. The second-order valence-corrected chi connectivity index (χ2v) is 5.34. The molecule has 0 saturated heterocycles. The predicted octanol–water partition coefficient (Wildman–Crippen LogP) is 4.71. The van der Waals surface area contributed by atoms with Crippen molar-refractivity contribution in [3.8, 4) is 0 Å². The summed E-state index contributed by atoms with van der Waals surface area (Å²) in [5, 5.41) is 3.96. The first kappa shape index (κ1) is 13.0. The van der Waals surface area contributed by atoms with Gasteiger partial charge in [0.15, 0.2) is 5.58 Å². The Balaban J connectivity index is 1.83. The maximum atomic E-state index is 5.95. The lowest BCUT2D eigenvalue weighted by molar-refractivity contribution is 0.539. The molecule has 4 heteroatoms. The molecule has 2 aromatic carbocycles. The molecule has 3 aromatic rings. The number of aryl methyl sites for hydroxylation is 2. The van der Waals surface area contributed by atoms with Crippen molar-refractivity contribution in [2.24, 2.45) is 0 Å². The third-order valence-electron chi connectivity index (χ3n) is 3.13. The van der Waals surface area contributed by atoms with Gasteiger partial charge in [-0.1, -0.05) is 23.7 Å². The average molecular weight is 287 g/mol. The molecule has 0 saturated carbocycles. The first-order valence-corrected chi connectivity index (χ1v) is 6.86. The summed E-state index contributed by atoms with van der Waals surface area (Å²) in [6, 6.07) is 11.7. The van der Waals surface area contributed by atoms with E-state index in [0.717, 1.165) is 22.4 Å². The lowest BCUT2D eigenvalue weighted by Crippen LogP contribution is -1.99. The van der Waals surface area contributed by atoms with Gasteiger partial charge in [0.2, 0.25) is 5.89 Å². The van der Waals surface area contributed by atoms with Gasteiger partial charge in [-0.2, -0.15) is 0 Å². The van der Waals surface area contributed by atoms with Crippen LogP contribution in [0.2, 0.25) is 5.02 Å². The molecule has 0 spiro atoms. The van der Waals surface area contributed by atoms with Gasteiger partial charge in [-0.3, -0.25) is 0 Å². The van der Waals surface area contributed by atoms with Crippen LogP contribution in [0.1, 0.15) is 17.0 Å². The highest BCUT2D eigenvalue weighted by molar-refractivity contribution is 6.30. The molecule has 20 heavy (non-hydrogen) atoms. The van der Waals surface area contributed by atoms with Crippen molar-refractivity contribution in [3.63, 3.8) is 0 Å². The third-order valence-corrected chi connectivity index (χ3v) is 3.37. The fourth-order valence-corrected chi connectivity index (χ4v) is 2.46. The van der Waals surface area contributed by atoms with Crippen LogP contribution >= 0.6 is 11.6 Å². The summed E-state index contributed by atoms with van der Waals surface area (Å²) in [7, 11) is 0. The molecule has 0 aliphatic heterocycles. The Bertz CT molecular complexity index is 764. The highest BCUT2D eigenvalue weighted by atomic mass is 35.5. The van der Waals surface area contributed by atoms with E-state index in [0.29, 0.717) is 17.5 Å². The minimum atomic E-state index is 0.535. The molecule has 0 aliphatic rings. The van der Waals surface area contributed by atoms with Crippen molar-refractivity contribution < 1.29 is 4.42 Å². The topological polar surface area (TPSA) is 38.1 Å². The molecule has 0 radical (unpaired) electrons. The van der Waals surface area contributed by atoms with E-state index < -0.39 is 0 Å². The number of rotatable bonds is 3. The standard InChI is InChI=1S/C16H15ClN2O/c1-10-6-11(2)16-14(7-10)19-15(20-16)9-18-13-5-3-4-12(17)8-13/h3-8,18H,9H2,1-2H3. The Hall–Kier alpha value is -2.00. The van der Waals surface area contributed by atoms with Crippen molar-refractivity contribution >= 4 is 28.4 Å². The molecule has 0 amide bonds. The second-order valence-electron chi connectivity index (χ2n) is 4.90. The maximum absolute atomic E-state index is 5.95. The molecule has 0 fully saturated rings. The first-order chi connectivity index (χ1) is 9.61. The third kappa shape index (κ3) is 2.63. The maximum Gasteiger partial charge on any atom is 0.214 e. The second kappa shape index (κ2) is 5.17. The molecule has 0 atom stereocenters. The molecule has 0 unspecified atom stereocenters. The summed E-state index contributed by atoms with van der Waals surface area (Å²) in [4.78, 5) is 4.51. The van der Waals surface area contributed by atoms with Crippen molar-refractivity contribution in [1.82, 2.24) is 4.98 Å². The summed E-state index contributed by atoms with van der Waals surface area (Å²) in [6.45, 7) is 4.63. The van der Waals surface area contributed by atoms with Gasteiger partial charge in [-0.25, -0.2) is 4.98 Å². The fraction of sp³-hybridized carbons (Fsp3) is 0.188. The van der Waals surface area contributed by atoms with Crippen LogP contribution in [0.3, 0.4) is 0 Å². The predicted molar refractivity (Wildman–Crippen MR) is 82.3 cm³/mol. The van der Waals surface area contributed by atoms with Gasteiger partial charge in [-0.05, 0) is 49.2 Å². The Kier molecular flexibility index (Phi) is 3.36. The molecular formula is C16H15ClN2O. The van der Waals surface area contributed by atoms with Crippen LogP contribution in [-0.4, -0.2) is 4.98 Å². The Morgan fingerprint density at radius 1 is 1.20 bits per heavy atom. The molecule has 0 aliphatic carbocycles. The van der Waals surface area contributed by atoms with Crippen LogP contribution < -0.4 is 5.32 Å². The number of benzene rings is 2. The van der Waals surface area contributed by atoms with E-state index in [-0.39, 0.29) is 0 Å². The first-order valence-electron chi connectivity index (χ1n) is 6.48. The van der Waals surface area contributed by atoms with E-state index >= 15 is 0 Å². The number of fused-ring (bicyclic) bond motifs is 1. The summed E-state index contributed by atoms with van der Waals surface area (Å²) in [6.07, 6.45) is 0. The fourth-order valence-electron chi connectivity index (χ4n) is 2.27. The minimum absolute atomic E-state index is 0.535. The zero-order chi connectivity index (χ0) is 14.1. The van der Waals surface area contributed by atoms with Gasteiger partial charge in [0.05, 0.1) is 6.54 Å². The van der Waals surface area contributed by atoms with Crippen molar-refractivity contribution in [2.75, 3.05) is 5.32 Å². The summed E-state index contributed by atoms with van der Waals surface area (Å²) in [5.41, 5.74) is 5.02. The van der Waals surface area contributed by atoms with Gasteiger partial charge in [0.1, 0.15) is 5.52 Å². The largest absolute Gasteiger partial charge is 0.438 e. The quantitative estimate of drug-likeness (QED) is 0.758. The Labute approximate surface area is 122 Å². The van der Waals surface area contributed by atoms with Crippen molar-refractivity contribution in [2.45, 2.75) is 20.4 Å². The van der Waals surface area contributed by atoms with Gasteiger partial charge < -0.3 is 9.73 Å². The van der Waals surface area contributed by atoms with Gasteiger partial charge in [0.25, 0.3) is 0 Å². The molecule has 0 bridgehead atoms. The number of oxazole rings is 1. The van der Waals surface area contributed by atoms with E-state index in [2.05, 4.69) is 23.3 Å². The van der Waals surface area contributed by atoms with Crippen LogP contribution in [0.5, 0.6) is 0 Å². The number of anilines is 1. The SMILES string of the molecule is Cc1cc(C)c2oc(CNc3cccc(Cl)c3)nc2c1. The van der Waals surface area contributed by atoms with E-state index in [9.17, 15) is 0 Å². The molecular weight excluding hydrogens is 272 g/mol. The summed E-state index contributed by atoms with van der Waals surface area (Å²) in [5.74, 6) is 0.675. The number of nitrogens with one attached hydrogen (secondary N) is 1. The molecule has 1 aromatic heterocycles. The summed E-state index contributed by atoms with van der Waals surface area (Å²) >= 11 is 5.95. The Morgan fingerprint density at radius 3 is 2.85 bits per heavy atom. The smallest absolute Gasteiger partial charge is 0.214 e. The van der Waals surface area contributed by atoms with Crippen molar-refractivity contribution in [1.29, 1.82) is 0 Å². The Morgan fingerprint density at radius 2 is 2.05 bits per heavy atom. The van der Waals surface area contributed by atoms with Crippen molar-refractivity contribution in [3.05, 3.63) is 58.4 Å². The molecule has 1 N–H and O–H groups in total. The number of aromatic nitrogens is 1. The van der Waals surface area contributed by atoms with Gasteiger partial charge >= 0.3 is 0 Å². The van der Waals surface area contributed by atoms with Crippen LogP contribution in [0.4, 0.5) is 5.69 Å². The zero-order valence-electron chi connectivity index (χ0n) is 11.4. The van der Waals surface area contributed by atoms with Crippen LogP contribution in [0.25, 0.3) is 11.1 Å². The van der Waals surface area contributed by atoms with E-state index in [1.54, 1.807) is 0 Å². The number of halogens is 1. The van der Waals surface area contributed by atoms with E-state index in [1.165, 1.54) is 5.56 Å². The van der Waals surface area contributed by atoms with Gasteiger partial charge in [-0.15, -0.1) is 0 Å². The van der Waals surface area contributed by atoms with Crippen LogP contribution in [-0.2, 0) is 6.54 Å². The summed E-state index contributed by atoms with van der Waals surface area (Å²) < 4.78 is 5.80. The lowest BCUT2D eigenvalue weighted by atomic mass is 10.1. The number of hydrogen-bond acceptors (Lipinski definition) is 3. The minimum Gasteiger partial charge on any atom is -0.438 e.